The summed E-state index contributed by atoms with van der Waals surface area (Å²) in [4.78, 5) is 27.9. The van der Waals surface area contributed by atoms with Gasteiger partial charge in [0.25, 0.3) is 0 Å². The van der Waals surface area contributed by atoms with Gasteiger partial charge in [0.15, 0.2) is 0 Å². The summed E-state index contributed by atoms with van der Waals surface area (Å²) in [5.41, 5.74) is 4.07. The van der Waals surface area contributed by atoms with Crippen LogP contribution in [0.3, 0.4) is 0 Å². The minimum absolute atomic E-state index is 0.0306. The fraction of sp³-hybridized carbons (Fsp3) is 0.345. The summed E-state index contributed by atoms with van der Waals surface area (Å²) < 4.78 is 7.32. The van der Waals surface area contributed by atoms with Crippen molar-refractivity contribution in [2.45, 2.75) is 33.2 Å². The largest absolute Gasteiger partial charge is 0.495 e. The Morgan fingerprint density at radius 3 is 2.38 bits per heavy atom. The summed E-state index contributed by atoms with van der Waals surface area (Å²) >= 11 is 0. The lowest BCUT2D eigenvalue weighted by Crippen LogP contribution is -2.42. The Morgan fingerprint density at radius 2 is 1.70 bits per heavy atom. The quantitative estimate of drug-likeness (QED) is 0.481. The molecule has 1 saturated heterocycles. The number of hydrogen-bond donors (Lipinski definition) is 2. The van der Waals surface area contributed by atoms with Crippen molar-refractivity contribution in [1.82, 2.24) is 9.47 Å². The second-order valence-electron chi connectivity index (χ2n) is 9.41. The highest BCUT2D eigenvalue weighted by Gasteiger charge is 2.27. The maximum atomic E-state index is 13.0. The molecule has 0 aliphatic carbocycles. The van der Waals surface area contributed by atoms with E-state index in [2.05, 4.69) is 21.6 Å². The van der Waals surface area contributed by atoms with Crippen LogP contribution in [0.1, 0.15) is 35.2 Å². The van der Waals surface area contributed by atoms with E-state index >= 15 is 0 Å². The van der Waals surface area contributed by atoms with E-state index in [0.29, 0.717) is 55.3 Å². The lowest BCUT2D eigenvalue weighted by molar-refractivity contribution is -0.121. The van der Waals surface area contributed by atoms with Gasteiger partial charge in [-0.05, 0) is 63.0 Å². The van der Waals surface area contributed by atoms with Crippen LogP contribution >= 0.6 is 0 Å². The van der Waals surface area contributed by atoms with E-state index in [1.54, 1.807) is 7.11 Å². The van der Waals surface area contributed by atoms with Crippen LogP contribution in [0.4, 0.5) is 11.5 Å². The standard InChI is InChI=1S/C29H33N5O3/c1-20-21(2)34(18-22-9-5-4-6-10-22)28(24(20)17-30)32-27(35)19-33-15-13-23(14-16-33)29(36)31-25-11-7-8-12-26(25)37-3/h4-12,23H,13-16,18-19H2,1-3H3,(H,31,36)(H,32,35). The second kappa shape index (κ2) is 11.8. The van der Waals surface area contributed by atoms with Gasteiger partial charge in [0.05, 0.1) is 24.9 Å². The van der Waals surface area contributed by atoms with Gasteiger partial charge in [-0.3, -0.25) is 14.5 Å². The molecular formula is C29H33N5O3. The lowest BCUT2D eigenvalue weighted by Gasteiger charge is -2.30. The molecular weight excluding hydrogens is 466 g/mol. The van der Waals surface area contributed by atoms with Crippen LogP contribution in [-0.4, -0.2) is 48.0 Å². The second-order valence-corrected chi connectivity index (χ2v) is 9.41. The van der Waals surface area contributed by atoms with E-state index in [9.17, 15) is 14.9 Å². The molecule has 2 heterocycles. The number of carbonyl (C=O) groups is 2. The fourth-order valence-corrected chi connectivity index (χ4v) is 4.80. The SMILES string of the molecule is COc1ccccc1NC(=O)C1CCN(CC(=O)Nc2c(C#N)c(C)c(C)n2Cc2ccccc2)CC1. The van der Waals surface area contributed by atoms with Gasteiger partial charge in [-0.15, -0.1) is 0 Å². The highest BCUT2D eigenvalue weighted by molar-refractivity contribution is 5.94. The van der Waals surface area contributed by atoms with Gasteiger partial charge in [-0.25, -0.2) is 0 Å². The molecule has 3 aromatic rings. The monoisotopic (exact) mass is 499 g/mol. The Morgan fingerprint density at radius 1 is 1.03 bits per heavy atom. The number of hydrogen-bond acceptors (Lipinski definition) is 5. The van der Waals surface area contributed by atoms with Crippen LogP contribution in [0.5, 0.6) is 5.75 Å². The highest BCUT2D eigenvalue weighted by atomic mass is 16.5. The number of nitrogens with zero attached hydrogens (tertiary/aromatic N) is 3. The summed E-state index contributed by atoms with van der Waals surface area (Å²) in [6.45, 7) is 5.94. The molecule has 37 heavy (non-hydrogen) atoms. The first kappa shape index (κ1) is 26.0. The van der Waals surface area contributed by atoms with Crippen LogP contribution in [0, 0.1) is 31.1 Å². The molecule has 2 N–H and O–H groups in total. The highest BCUT2D eigenvalue weighted by Crippen LogP contribution is 2.28. The molecule has 2 amide bonds. The molecule has 1 aliphatic heterocycles. The number of likely N-dealkylation sites (tertiary alicyclic amines) is 1. The molecule has 1 aliphatic rings. The van der Waals surface area contributed by atoms with Crippen molar-refractivity contribution in [1.29, 1.82) is 5.26 Å². The minimum atomic E-state index is -0.166. The van der Waals surface area contributed by atoms with Crippen molar-refractivity contribution in [3.05, 3.63) is 77.0 Å². The first-order valence-corrected chi connectivity index (χ1v) is 12.5. The third kappa shape index (κ3) is 6.01. The maximum Gasteiger partial charge on any atom is 0.239 e. The predicted octanol–water partition coefficient (Wildman–Crippen LogP) is 4.32. The zero-order valence-corrected chi connectivity index (χ0v) is 21.6. The molecule has 0 atom stereocenters. The Bertz CT molecular complexity index is 1300. The average molecular weight is 500 g/mol. The Hall–Kier alpha value is -4.09. The van der Waals surface area contributed by atoms with Crippen LogP contribution in [-0.2, 0) is 16.1 Å². The van der Waals surface area contributed by atoms with Crippen molar-refractivity contribution in [2.75, 3.05) is 37.4 Å². The zero-order chi connectivity index (χ0) is 26.4. The predicted molar refractivity (Wildman–Crippen MR) is 144 cm³/mol. The Balaban J connectivity index is 1.36. The molecule has 1 aromatic heterocycles. The molecule has 0 spiro atoms. The number of carbonyl (C=O) groups excluding carboxylic acids is 2. The lowest BCUT2D eigenvalue weighted by atomic mass is 9.95. The Labute approximate surface area is 217 Å². The normalized spacial score (nSPS) is 14.1. The minimum Gasteiger partial charge on any atom is -0.495 e. The number of anilines is 2. The first-order valence-electron chi connectivity index (χ1n) is 12.5. The molecule has 8 nitrogen and oxygen atoms in total. The van der Waals surface area contributed by atoms with E-state index in [-0.39, 0.29) is 24.3 Å². The Kier molecular flexibility index (Phi) is 8.26. The average Bonchev–Trinajstić information content (AvgIpc) is 3.13. The number of nitriles is 1. The molecule has 1 fully saturated rings. The van der Waals surface area contributed by atoms with Crippen molar-refractivity contribution in [3.8, 4) is 11.8 Å². The molecule has 0 unspecified atom stereocenters. The van der Waals surface area contributed by atoms with Crippen LogP contribution in [0.15, 0.2) is 54.6 Å². The summed E-state index contributed by atoms with van der Waals surface area (Å²) in [5, 5.41) is 15.8. The molecule has 0 saturated carbocycles. The van der Waals surface area contributed by atoms with Gasteiger partial charge < -0.3 is 19.9 Å². The third-order valence-electron chi connectivity index (χ3n) is 7.07. The van der Waals surface area contributed by atoms with Gasteiger partial charge in [0.1, 0.15) is 17.6 Å². The topological polar surface area (TPSA) is 99.4 Å². The number of benzene rings is 2. The van der Waals surface area contributed by atoms with E-state index in [0.717, 1.165) is 16.8 Å². The van der Waals surface area contributed by atoms with Gasteiger partial charge in [-0.1, -0.05) is 42.5 Å². The molecule has 2 aromatic carbocycles. The maximum absolute atomic E-state index is 13.0. The van der Waals surface area contributed by atoms with Gasteiger partial charge in [-0.2, -0.15) is 5.26 Å². The summed E-state index contributed by atoms with van der Waals surface area (Å²) in [7, 11) is 1.58. The van der Waals surface area contributed by atoms with Crippen molar-refractivity contribution < 1.29 is 14.3 Å². The molecule has 8 heteroatoms. The van der Waals surface area contributed by atoms with Crippen molar-refractivity contribution in [2.24, 2.45) is 5.92 Å². The number of nitrogens with one attached hydrogen (secondary N) is 2. The fourth-order valence-electron chi connectivity index (χ4n) is 4.80. The number of piperidine rings is 1. The smallest absolute Gasteiger partial charge is 0.239 e. The zero-order valence-electron chi connectivity index (χ0n) is 21.6. The number of methoxy groups -OCH3 is 1. The van der Waals surface area contributed by atoms with Gasteiger partial charge >= 0.3 is 0 Å². The number of aromatic nitrogens is 1. The number of amides is 2. The van der Waals surface area contributed by atoms with Crippen LogP contribution < -0.4 is 15.4 Å². The summed E-state index contributed by atoms with van der Waals surface area (Å²) in [6.07, 6.45) is 1.33. The van der Waals surface area contributed by atoms with E-state index < -0.39 is 0 Å². The molecule has 4 rings (SSSR count). The number of ether oxygens (including phenoxy) is 1. The molecule has 0 bridgehead atoms. The number of rotatable bonds is 8. The summed E-state index contributed by atoms with van der Waals surface area (Å²) in [5.74, 6) is 0.849. The van der Waals surface area contributed by atoms with Gasteiger partial charge in [0.2, 0.25) is 11.8 Å². The van der Waals surface area contributed by atoms with Crippen LogP contribution in [0.2, 0.25) is 0 Å². The van der Waals surface area contributed by atoms with E-state index in [1.807, 2.05) is 73.0 Å². The summed E-state index contributed by atoms with van der Waals surface area (Å²) in [6, 6.07) is 19.6. The van der Waals surface area contributed by atoms with Crippen molar-refractivity contribution >= 4 is 23.3 Å². The molecule has 0 radical (unpaired) electrons. The van der Waals surface area contributed by atoms with E-state index in [1.165, 1.54) is 0 Å². The van der Waals surface area contributed by atoms with Crippen LogP contribution in [0.25, 0.3) is 0 Å². The van der Waals surface area contributed by atoms with E-state index in [4.69, 9.17) is 4.74 Å². The van der Waals surface area contributed by atoms with Gasteiger partial charge in [0, 0.05) is 18.2 Å². The van der Waals surface area contributed by atoms with Crippen molar-refractivity contribution in [3.63, 3.8) is 0 Å². The number of para-hydroxylation sites is 2. The first-order chi connectivity index (χ1) is 17.9. The third-order valence-corrected chi connectivity index (χ3v) is 7.07. The molecule has 192 valence electrons.